The van der Waals surface area contributed by atoms with E-state index in [2.05, 4.69) is 22.2 Å². The first-order chi connectivity index (χ1) is 16.8. The summed E-state index contributed by atoms with van der Waals surface area (Å²) in [6.07, 6.45) is 4.91. The normalized spacial score (nSPS) is 20.5. The molecule has 2 N–H and O–H groups in total. The molecule has 1 heterocycles. The molecule has 0 saturated heterocycles. The predicted octanol–water partition coefficient (Wildman–Crippen LogP) is 5.88. The zero-order chi connectivity index (χ0) is 24.7. The molecule has 1 aliphatic heterocycles. The molecule has 35 heavy (non-hydrogen) atoms. The number of allylic oxidation sites excluding steroid dienone is 2. The average molecular weight is 512 g/mol. The maximum Gasteiger partial charge on any atom is 0.288 e. The van der Waals surface area contributed by atoms with Crippen molar-refractivity contribution in [2.45, 2.75) is 23.3 Å². The van der Waals surface area contributed by atoms with Crippen LogP contribution in [0.4, 0.5) is 17.1 Å². The summed E-state index contributed by atoms with van der Waals surface area (Å²) < 4.78 is 33.9. The van der Waals surface area contributed by atoms with Crippen LogP contribution in [0.2, 0.25) is 5.02 Å². The minimum Gasteiger partial charge on any atom is -0.497 e. The van der Waals surface area contributed by atoms with Crippen molar-refractivity contribution in [3.63, 3.8) is 0 Å². The molecule has 180 valence electrons. The van der Waals surface area contributed by atoms with E-state index in [1.165, 1.54) is 6.07 Å². The van der Waals surface area contributed by atoms with Gasteiger partial charge in [-0.25, -0.2) is 8.42 Å². The van der Waals surface area contributed by atoms with Crippen LogP contribution in [0.1, 0.15) is 29.5 Å². The van der Waals surface area contributed by atoms with Gasteiger partial charge in [0.25, 0.3) is 15.7 Å². The third kappa shape index (κ3) is 4.33. The van der Waals surface area contributed by atoms with E-state index >= 15 is 0 Å². The monoisotopic (exact) mass is 511 g/mol. The van der Waals surface area contributed by atoms with Gasteiger partial charge in [0.15, 0.2) is 0 Å². The number of nitro benzene ring substituents is 1. The van der Waals surface area contributed by atoms with E-state index in [4.69, 9.17) is 16.3 Å². The van der Waals surface area contributed by atoms with Crippen LogP contribution in [0, 0.1) is 16.0 Å². The summed E-state index contributed by atoms with van der Waals surface area (Å²) in [5.41, 5.74) is 2.74. The Bertz CT molecular complexity index is 1440. The zero-order valence-corrected chi connectivity index (χ0v) is 20.2. The first-order valence-corrected chi connectivity index (χ1v) is 12.8. The highest BCUT2D eigenvalue weighted by molar-refractivity contribution is 7.92. The Labute approximate surface area is 207 Å². The second-order valence-corrected chi connectivity index (χ2v) is 10.6. The van der Waals surface area contributed by atoms with Crippen molar-refractivity contribution in [3.05, 3.63) is 99.1 Å². The summed E-state index contributed by atoms with van der Waals surface area (Å²) in [5.74, 6) is 0.686. The maximum absolute atomic E-state index is 13.1. The molecule has 3 aromatic rings. The SMILES string of the molecule is COc1ccc(NS(=O)(=O)c2ccc3c(c2)C2C=CCC2C(c2ccc(Cl)c([N+](=O)[O-])c2)N3)cc1. The van der Waals surface area contributed by atoms with E-state index < -0.39 is 14.9 Å². The van der Waals surface area contributed by atoms with Crippen molar-refractivity contribution in [1.29, 1.82) is 0 Å². The minimum absolute atomic E-state index is 0.0258. The van der Waals surface area contributed by atoms with Crippen molar-refractivity contribution in [2.24, 2.45) is 5.92 Å². The summed E-state index contributed by atoms with van der Waals surface area (Å²) in [4.78, 5) is 11.1. The number of sulfonamides is 1. The molecule has 0 spiro atoms. The van der Waals surface area contributed by atoms with Gasteiger partial charge in [-0.3, -0.25) is 14.8 Å². The highest BCUT2D eigenvalue weighted by Crippen LogP contribution is 2.50. The molecule has 3 unspecified atom stereocenters. The zero-order valence-electron chi connectivity index (χ0n) is 18.6. The molecule has 2 aliphatic rings. The van der Waals surface area contributed by atoms with Gasteiger partial charge < -0.3 is 10.1 Å². The summed E-state index contributed by atoms with van der Waals surface area (Å²) >= 11 is 6.01. The van der Waals surface area contributed by atoms with Gasteiger partial charge in [-0.1, -0.05) is 29.8 Å². The number of halogens is 1. The standard InChI is InChI=1S/C25H22ClN3O5S/c1-34-17-8-6-16(7-9-17)28-35(32,33)18-10-12-23-21(14-18)19-3-2-4-20(19)25(27-23)15-5-11-22(26)24(13-15)29(30)31/h2-3,5-14,19-20,25,27-28H,4H2,1H3. The van der Waals surface area contributed by atoms with Crippen LogP contribution in [0.15, 0.2) is 77.7 Å². The fraction of sp³-hybridized carbons (Fsp3) is 0.200. The molecule has 0 amide bonds. The van der Waals surface area contributed by atoms with Gasteiger partial charge in [0.1, 0.15) is 10.8 Å². The second-order valence-electron chi connectivity index (χ2n) is 8.53. The number of hydrogen-bond acceptors (Lipinski definition) is 6. The van der Waals surface area contributed by atoms with E-state index in [9.17, 15) is 18.5 Å². The van der Waals surface area contributed by atoms with Gasteiger partial charge >= 0.3 is 0 Å². The number of anilines is 2. The third-order valence-electron chi connectivity index (χ3n) is 6.51. The maximum atomic E-state index is 13.1. The van der Waals surface area contributed by atoms with Crippen LogP contribution in [0.25, 0.3) is 0 Å². The van der Waals surface area contributed by atoms with Crippen LogP contribution in [0.5, 0.6) is 5.75 Å². The Morgan fingerprint density at radius 2 is 1.89 bits per heavy atom. The minimum atomic E-state index is -3.81. The number of benzene rings is 3. The Morgan fingerprint density at radius 1 is 1.11 bits per heavy atom. The molecule has 5 rings (SSSR count). The second kappa shape index (κ2) is 8.90. The molecule has 0 aromatic heterocycles. The Hall–Kier alpha value is -3.56. The van der Waals surface area contributed by atoms with Crippen LogP contribution in [-0.4, -0.2) is 20.5 Å². The summed E-state index contributed by atoms with van der Waals surface area (Å²) in [5, 5.41) is 15.0. The predicted molar refractivity (Wildman–Crippen MR) is 135 cm³/mol. The first-order valence-electron chi connectivity index (χ1n) is 10.9. The Morgan fingerprint density at radius 3 is 2.60 bits per heavy atom. The van der Waals surface area contributed by atoms with Gasteiger partial charge in [-0.05, 0) is 72.0 Å². The highest BCUT2D eigenvalue weighted by Gasteiger charge is 2.39. The first kappa shape index (κ1) is 23.2. The summed E-state index contributed by atoms with van der Waals surface area (Å²) in [7, 11) is -2.27. The van der Waals surface area contributed by atoms with Gasteiger partial charge in [0.2, 0.25) is 0 Å². The molecule has 1 aliphatic carbocycles. The molecule has 0 radical (unpaired) electrons. The number of ether oxygens (including phenoxy) is 1. The molecule has 0 fully saturated rings. The average Bonchev–Trinajstić information content (AvgIpc) is 3.34. The van der Waals surface area contributed by atoms with E-state index in [-0.39, 0.29) is 33.5 Å². The van der Waals surface area contributed by atoms with Gasteiger partial charge in [0.05, 0.1) is 23.0 Å². The number of nitrogens with zero attached hydrogens (tertiary/aromatic N) is 1. The molecule has 10 heteroatoms. The number of fused-ring (bicyclic) bond motifs is 3. The van der Waals surface area contributed by atoms with E-state index in [0.29, 0.717) is 11.4 Å². The van der Waals surface area contributed by atoms with Crippen molar-refractivity contribution < 1.29 is 18.1 Å². The summed E-state index contributed by atoms with van der Waals surface area (Å²) in [6.45, 7) is 0. The molecular weight excluding hydrogens is 490 g/mol. The third-order valence-corrected chi connectivity index (χ3v) is 8.21. The lowest BCUT2D eigenvalue weighted by Gasteiger charge is -2.37. The Balaban J connectivity index is 1.47. The Kier molecular flexibility index (Phi) is 5.90. The van der Waals surface area contributed by atoms with E-state index in [0.717, 1.165) is 23.2 Å². The number of nitro groups is 1. The number of nitrogens with one attached hydrogen (secondary N) is 2. The summed E-state index contributed by atoms with van der Waals surface area (Å²) in [6, 6.07) is 16.3. The molecule has 8 nitrogen and oxygen atoms in total. The van der Waals surface area contributed by atoms with E-state index in [1.54, 1.807) is 61.7 Å². The van der Waals surface area contributed by atoms with Gasteiger partial charge in [-0.2, -0.15) is 0 Å². The lowest BCUT2D eigenvalue weighted by atomic mass is 9.77. The van der Waals surface area contributed by atoms with Crippen molar-refractivity contribution in [1.82, 2.24) is 0 Å². The molecular formula is C25H22ClN3O5S. The topological polar surface area (TPSA) is 111 Å². The van der Waals surface area contributed by atoms with Crippen LogP contribution >= 0.6 is 11.6 Å². The van der Waals surface area contributed by atoms with Crippen LogP contribution in [-0.2, 0) is 10.0 Å². The number of hydrogen-bond donors (Lipinski definition) is 2. The largest absolute Gasteiger partial charge is 0.497 e. The van der Waals surface area contributed by atoms with E-state index in [1.807, 2.05) is 0 Å². The van der Waals surface area contributed by atoms with Crippen LogP contribution in [0.3, 0.4) is 0 Å². The van der Waals surface area contributed by atoms with Crippen molar-refractivity contribution in [2.75, 3.05) is 17.1 Å². The van der Waals surface area contributed by atoms with Crippen molar-refractivity contribution in [3.8, 4) is 5.75 Å². The van der Waals surface area contributed by atoms with Gasteiger partial charge in [-0.15, -0.1) is 0 Å². The fourth-order valence-electron chi connectivity index (χ4n) is 4.81. The molecule has 3 aromatic carbocycles. The van der Waals surface area contributed by atoms with Crippen LogP contribution < -0.4 is 14.8 Å². The smallest absolute Gasteiger partial charge is 0.288 e. The van der Waals surface area contributed by atoms with Gasteiger partial charge in [0, 0.05) is 23.4 Å². The lowest BCUT2D eigenvalue weighted by Crippen LogP contribution is -2.29. The molecule has 0 saturated carbocycles. The lowest BCUT2D eigenvalue weighted by molar-refractivity contribution is -0.384. The fourth-order valence-corrected chi connectivity index (χ4v) is 6.09. The number of methoxy groups -OCH3 is 1. The quantitative estimate of drug-likeness (QED) is 0.243. The number of rotatable bonds is 6. The highest BCUT2D eigenvalue weighted by atomic mass is 35.5. The molecule has 0 bridgehead atoms. The van der Waals surface area contributed by atoms with Crippen molar-refractivity contribution >= 4 is 38.7 Å². The molecule has 3 atom stereocenters.